The van der Waals surface area contributed by atoms with Gasteiger partial charge in [-0.15, -0.1) is 0 Å². The number of carbonyl (C=O) groups excluding carboxylic acids is 1. The maximum absolute atomic E-state index is 13.4. The van der Waals surface area contributed by atoms with Crippen molar-refractivity contribution in [3.8, 4) is 11.5 Å². The van der Waals surface area contributed by atoms with Crippen LogP contribution in [0.15, 0.2) is 71.6 Å². The lowest BCUT2D eigenvalue weighted by atomic mass is 10.2. The summed E-state index contributed by atoms with van der Waals surface area (Å²) in [6.07, 6.45) is 0. The van der Waals surface area contributed by atoms with Gasteiger partial charge in [0.1, 0.15) is 11.5 Å². The number of nitrogens with one attached hydrogen (secondary N) is 3. The van der Waals surface area contributed by atoms with Gasteiger partial charge >= 0.3 is 0 Å². The van der Waals surface area contributed by atoms with Crippen molar-refractivity contribution < 1.29 is 23.1 Å². The molecule has 1 heterocycles. The number of sulfonamides is 1. The summed E-state index contributed by atoms with van der Waals surface area (Å²) in [6, 6.07) is 17.5. The van der Waals surface area contributed by atoms with E-state index < -0.39 is 10.0 Å². The lowest BCUT2D eigenvalue weighted by Gasteiger charge is -2.17. The lowest BCUT2D eigenvalue weighted by molar-refractivity contribution is -0.117. The van der Waals surface area contributed by atoms with Gasteiger partial charge in [-0.3, -0.25) is 14.4 Å². The maximum atomic E-state index is 13.4. The first-order chi connectivity index (χ1) is 18.7. The van der Waals surface area contributed by atoms with Crippen molar-refractivity contribution in [1.82, 2.24) is 14.9 Å². The van der Waals surface area contributed by atoms with Crippen LogP contribution in [0.1, 0.15) is 21.3 Å². The summed E-state index contributed by atoms with van der Waals surface area (Å²) in [6.45, 7) is 5.57. The Labute approximate surface area is 234 Å². The topological polar surface area (TPSA) is 146 Å². The third kappa shape index (κ3) is 7.36. The molecule has 4 aromatic rings. The first-order valence-corrected chi connectivity index (χ1v) is 13.8. The van der Waals surface area contributed by atoms with Gasteiger partial charge in [-0.2, -0.15) is 0 Å². The molecule has 4 N–H and O–H groups in total. The third-order valence-electron chi connectivity index (χ3n) is 5.88. The number of phenols is 1. The molecule has 0 atom stereocenters. The number of benzene rings is 3. The van der Waals surface area contributed by atoms with Crippen molar-refractivity contribution in [2.45, 2.75) is 26.2 Å². The quantitative estimate of drug-likeness (QED) is 0.201. The number of fused-ring (bicyclic) bond motifs is 1. The van der Waals surface area contributed by atoms with Crippen molar-refractivity contribution in [3.05, 3.63) is 66.7 Å². The molecular weight excluding hydrogens is 532 g/mol. The third-order valence-corrected chi connectivity index (χ3v) is 7.22. The molecule has 0 fully saturated rings. The molecule has 0 saturated heterocycles. The molecule has 0 aliphatic rings. The number of para-hydroxylation sites is 2. The Morgan fingerprint density at radius 2 is 1.60 bits per heavy atom. The average molecular weight is 567 g/mol. The van der Waals surface area contributed by atoms with Crippen LogP contribution in [0.5, 0.6) is 11.5 Å². The standard InChI is InChI=1S/C27H30N6O5S.CH4/c1-4-33(5-2)17-25(35)28-18-9-8-10-22(15-18)39(36,37)32-27-26(30-23-11-6-7-12-24(23)31-27)29-19-13-20(34)16-21(14-19)38-3;/h6-16,34H,4-5,17H2,1-3H3,(H,28,35)(H,29,30)(H,31,32);1H4. The van der Waals surface area contributed by atoms with Gasteiger partial charge in [-0.1, -0.05) is 39.5 Å². The Morgan fingerprint density at radius 1 is 0.925 bits per heavy atom. The van der Waals surface area contributed by atoms with Crippen LogP contribution in [-0.2, 0) is 14.8 Å². The molecule has 0 aliphatic heterocycles. The van der Waals surface area contributed by atoms with Crippen molar-refractivity contribution >= 4 is 50.0 Å². The SMILES string of the molecule is C.CCN(CC)CC(=O)Nc1cccc(S(=O)(=O)Nc2nc3ccccc3nc2Nc2cc(O)cc(OC)c2)c1. The highest BCUT2D eigenvalue weighted by atomic mass is 32.2. The van der Waals surface area contributed by atoms with Crippen LogP contribution in [0.2, 0.25) is 0 Å². The van der Waals surface area contributed by atoms with Crippen LogP contribution in [0.4, 0.5) is 23.0 Å². The minimum atomic E-state index is -4.14. The second kappa shape index (κ2) is 13.1. The molecular formula is C28H34N6O5S. The number of hydrogen-bond donors (Lipinski definition) is 4. The summed E-state index contributed by atoms with van der Waals surface area (Å²) in [5.41, 5.74) is 1.78. The normalized spacial score (nSPS) is 11.1. The molecule has 0 saturated carbocycles. The number of likely N-dealkylation sites (N-methyl/N-ethyl adjacent to an activating group) is 1. The van der Waals surface area contributed by atoms with E-state index in [9.17, 15) is 18.3 Å². The van der Waals surface area contributed by atoms with Gasteiger partial charge < -0.3 is 20.5 Å². The fraction of sp³-hybridized carbons (Fsp3) is 0.250. The van der Waals surface area contributed by atoms with Gasteiger partial charge in [0.25, 0.3) is 10.0 Å². The Balaban J connectivity index is 0.00000441. The van der Waals surface area contributed by atoms with Gasteiger partial charge in [-0.05, 0) is 43.4 Å². The summed E-state index contributed by atoms with van der Waals surface area (Å²) in [7, 11) is -2.67. The van der Waals surface area contributed by atoms with Crippen molar-refractivity contribution in [2.24, 2.45) is 0 Å². The molecule has 0 unspecified atom stereocenters. The second-order valence-electron chi connectivity index (χ2n) is 8.60. The lowest BCUT2D eigenvalue weighted by Crippen LogP contribution is -2.32. The molecule has 1 aromatic heterocycles. The summed E-state index contributed by atoms with van der Waals surface area (Å²) < 4.78 is 34.6. The van der Waals surface area contributed by atoms with E-state index in [1.165, 1.54) is 31.4 Å². The number of carbonyl (C=O) groups is 1. The molecule has 11 nitrogen and oxygen atoms in total. The number of aromatic hydroxyl groups is 1. The van der Waals surface area contributed by atoms with Crippen molar-refractivity contribution in [2.75, 3.05) is 42.1 Å². The fourth-order valence-electron chi connectivity index (χ4n) is 3.85. The van der Waals surface area contributed by atoms with Crippen LogP contribution in [-0.4, -0.2) is 61.0 Å². The van der Waals surface area contributed by atoms with E-state index in [4.69, 9.17) is 4.74 Å². The summed E-state index contributed by atoms with van der Waals surface area (Å²) in [5, 5.41) is 15.8. The number of rotatable bonds is 11. The highest BCUT2D eigenvalue weighted by Crippen LogP contribution is 2.31. The minimum Gasteiger partial charge on any atom is -0.508 e. The second-order valence-corrected chi connectivity index (χ2v) is 10.3. The zero-order valence-electron chi connectivity index (χ0n) is 21.8. The molecule has 4 rings (SSSR count). The first-order valence-electron chi connectivity index (χ1n) is 12.3. The van der Waals surface area contributed by atoms with E-state index in [1.807, 2.05) is 18.7 Å². The number of phenolic OH excluding ortho intramolecular Hbond substituents is 1. The predicted octanol–water partition coefficient (Wildman–Crippen LogP) is 4.80. The molecule has 0 bridgehead atoms. The van der Waals surface area contributed by atoms with E-state index in [1.54, 1.807) is 42.5 Å². The van der Waals surface area contributed by atoms with Crippen LogP contribution in [0.3, 0.4) is 0 Å². The van der Waals surface area contributed by atoms with Crippen molar-refractivity contribution in [1.29, 1.82) is 0 Å². The largest absolute Gasteiger partial charge is 0.508 e. The Morgan fingerprint density at radius 3 is 2.25 bits per heavy atom. The Hall–Kier alpha value is -4.42. The molecule has 1 amide bonds. The highest BCUT2D eigenvalue weighted by Gasteiger charge is 2.20. The number of ether oxygens (including phenoxy) is 1. The number of anilines is 4. The molecule has 0 spiro atoms. The van der Waals surface area contributed by atoms with E-state index >= 15 is 0 Å². The summed E-state index contributed by atoms with van der Waals surface area (Å²) in [4.78, 5) is 23.4. The number of amides is 1. The first kappa shape index (κ1) is 30.1. The zero-order chi connectivity index (χ0) is 28.0. The maximum Gasteiger partial charge on any atom is 0.263 e. The highest BCUT2D eigenvalue weighted by molar-refractivity contribution is 7.92. The molecule has 12 heteroatoms. The van der Waals surface area contributed by atoms with Crippen LogP contribution >= 0.6 is 0 Å². The molecule has 40 heavy (non-hydrogen) atoms. The van der Waals surface area contributed by atoms with Crippen LogP contribution in [0, 0.1) is 0 Å². The van der Waals surface area contributed by atoms with Crippen molar-refractivity contribution in [3.63, 3.8) is 0 Å². The fourth-order valence-corrected chi connectivity index (χ4v) is 4.90. The number of aromatic nitrogens is 2. The average Bonchev–Trinajstić information content (AvgIpc) is 2.91. The number of nitrogens with zero attached hydrogens (tertiary/aromatic N) is 3. The molecule has 0 radical (unpaired) electrons. The molecule has 3 aromatic carbocycles. The summed E-state index contributed by atoms with van der Waals surface area (Å²) >= 11 is 0. The van der Waals surface area contributed by atoms with Gasteiger partial charge in [0.05, 0.1) is 29.6 Å². The Kier molecular flexibility index (Phi) is 9.86. The number of methoxy groups -OCH3 is 1. The summed E-state index contributed by atoms with van der Waals surface area (Å²) in [5.74, 6) is 0.177. The zero-order valence-corrected chi connectivity index (χ0v) is 22.6. The van der Waals surface area contributed by atoms with Gasteiger partial charge in [0.2, 0.25) is 5.91 Å². The van der Waals surface area contributed by atoms with Crippen LogP contribution < -0.4 is 20.1 Å². The predicted molar refractivity (Wildman–Crippen MR) is 158 cm³/mol. The smallest absolute Gasteiger partial charge is 0.263 e. The van der Waals surface area contributed by atoms with E-state index in [0.717, 1.165) is 13.1 Å². The van der Waals surface area contributed by atoms with E-state index in [-0.39, 0.29) is 42.2 Å². The molecule has 0 aliphatic carbocycles. The van der Waals surface area contributed by atoms with E-state index in [2.05, 4.69) is 25.3 Å². The Bertz CT molecular complexity index is 1590. The minimum absolute atomic E-state index is 0. The monoisotopic (exact) mass is 566 g/mol. The van der Waals surface area contributed by atoms with Crippen LogP contribution in [0.25, 0.3) is 11.0 Å². The van der Waals surface area contributed by atoms with E-state index in [0.29, 0.717) is 28.2 Å². The van der Waals surface area contributed by atoms with Gasteiger partial charge in [-0.25, -0.2) is 18.4 Å². The van der Waals surface area contributed by atoms with Gasteiger partial charge in [0.15, 0.2) is 11.6 Å². The molecule has 212 valence electrons. The van der Waals surface area contributed by atoms with Gasteiger partial charge in [0, 0.05) is 29.6 Å². The number of hydrogen-bond acceptors (Lipinski definition) is 9.